The summed E-state index contributed by atoms with van der Waals surface area (Å²) in [6.45, 7) is 5.68. The summed E-state index contributed by atoms with van der Waals surface area (Å²) in [5.41, 5.74) is 1.28. The predicted molar refractivity (Wildman–Crippen MR) is 53.9 cm³/mol. The smallest absolute Gasteiger partial charge is 0.330 e. The highest BCUT2D eigenvalue weighted by Crippen LogP contribution is 2.31. The first-order valence-electron chi connectivity index (χ1n) is 5.39. The van der Waals surface area contributed by atoms with Crippen LogP contribution in [0.15, 0.2) is 11.6 Å². The van der Waals surface area contributed by atoms with Gasteiger partial charge in [0.15, 0.2) is 0 Å². The Balaban J connectivity index is 2.00. The molecule has 2 bridgehead atoms. The molecule has 0 aromatic carbocycles. The van der Waals surface area contributed by atoms with Gasteiger partial charge in [0.05, 0.1) is 6.61 Å². The first-order valence-corrected chi connectivity index (χ1v) is 5.39. The molecule has 3 heterocycles. The van der Waals surface area contributed by atoms with Crippen molar-refractivity contribution in [2.45, 2.75) is 19.8 Å². The van der Waals surface area contributed by atoms with Crippen LogP contribution in [0.2, 0.25) is 0 Å². The maximum Gasteiger partial charge on any atom is 0.330 e. The predicted octanol–water partition coefficient (Wildman–Crippen LogP) is 1.20. The van der Waals surface area contributed by atoms with E-state index in [0.717, 1.165) is 6.54 Å². The van der Waals surface area contributed by atoms with Gasteiger partial charge in [-0.05, 0) is 44.3 Å². The summed E-state index contributed by atoms with van der Waals surface area (Å²) in [4.78, 5) is 13.7. The zero-order chi connectivity index (χ0) is 9.97. The van der Waals surface area contributed by atoms with Crippen molar-refractivity contribution in [1.82, 2.24) is 4.90 Å². The van der Waals surface area contributed by atoms with Crippen molar-refractivity contribution < 1.29 is 9.53 Å². The van der Waals surface area contributed by atoms with E-state index >= 15 is 0 Å². The van der Waals surface area contributed by atoms with E-state index in [0.29, 0.717) is 12.5 Å². The maximum absolute atomic E-state index is 11.3. The van der Waals surface area contributed by atoms with Gasteiger partial charge in [0.25, 0.3) is 0 Å². The van der Waals surface area contributed by atoms with Crippen LogP contribution in [0, 0.1) is 5.92 Å². The fraction of sp³-hybridized carbons (Fsp3) is 0.727. The lowest BCUT2D eigenvalue weighted by Gasteiger charge is -2.40. The Bertz CT molecular complexity index is 252. The molecule has 3 rings (SSSR count). The van der Waals surface area contributed by atoms with Gasteiger partial charge in [0.2, 0.25) is 0 Å². The minimum Gasteiger partial charge on any atom is -0.463 e. The average Bonchev–Trinajstić information content (AvgIpc) is 2.19. The summed E-state index contributed by atoms with van der Waals surface area (Å²) in [5.74, 6) is 0.473. The first kappa shape index (κ1) is 9.71. The number of esters is 1. The second kappa shape index (κ2) is 4.13. The number of hydrogen-bond acceptors (Lipinski definition) is 3. The molecule has 3 aliphatic heterocycles. The Kier molecular flexibility index (Phi) is 2.87. The van der Waals surface area contributed by atoms with Crippen molar-refractivity contribution >= 4 is 5.97 Å². The molecule has 3 nitrogen and oxygen atoms in total. The highest BCUT2D eigenvalue weighted by atomic mass is 16.5. The molecule has 3 aliphatic rings. The minimum absolute atomic E-state index is 0.170. The molecule has 3 saturated heterocycles. The Hall–Kier alpha value is -0.830. The lowest BCUT2D eigenvalue weighted by atomic mass is 9.83. The monoisotopic (exact) mass is 195 g/mol. The zero-order valence-corrected chi connectivity index (χ0v) is 8.66. The van der Waals surface area contributed by atoms with E-state index in [9.17, 15) is 4.79 Å². The Morgan fingerprint density at radius 3 is 2.79 bits per heavy atom. The standard InChI is InChI=1S/C11H17NO2/c1-2-14-11(13)7-10-8-12-5-3-9(10)4-6-12/h7,9H,2-6,8H2,1H3/b10-7+. The van der Waals surface area contributed by atoms with E-state index in [1.807, 2.05) is 6.92 Å². The van der Waals surface area contributed by atoms with E-state index < -0.39 is 0 Å². The van der Waals surface area contributed by atoms with E-state index in [2.05, 4.69) is 4.90 Å². The topological polar surface area (TPSA) is 29.5 Å². The lowest BCUT2D eigenvalue weighted by Crippen LogP contribution is -2.43. The van der Waals surface area contributed by atoms with Crippen LogP contribution in [-0.4, -0.2) is 37.1 Å². The van der Waals surface area contributed by atoms with Crippen LogP contribution in [-0.2, 0) is 9.53 Å². The van der Waals surface area contributed by atoms with Crippen LogP contribution in [0.3, 0.4) is 0 Å². The normalized spacial score (nSPS) is 33.4. The summed E-state index contributed by atoms with van der Waals surface area (Å²) in [6.07, 6.45) is 4.13. The Morgan fingerprint density at radius 2 is 2.29 bits per heavy atom. The van der Waals surface area contributed by atoms with E-state index in [1.54, 1.807) is 6.08 Å². The fourth-order valence-electron chi connectivity index (χ4n) is 2.35. The maximum atomic E-state index is 11.3. The molecule has 0 aromatic rings. The number of hydrogen-bond donors (Lipinski definition) is 0. The van der Waals surface area contributed by atoms with Crippen LogP contribution >= 0.6 is 0 Å². The van der Waals surface area contributed by atoms with Gasteiger partial charge in [-0.2, -0.15) is 0 Å². The summed E-state index contributed by atoms with van der Waals surface area (Å²) < 4.78 is 4.92. The van der Waals surface area contributed by atoms with Crippen molar-refractivity contribution in [3.05, 3.63) is 11.6 Å². The zero-order valence-electron chi connectivity index (χ0n) is 8.66. The molecule has 3 fully saturated rings. The SMILES string of the molecule is CCOC(=O)/C=C1\CN2CCC1CC2. The summed E-state index contributed by atoms with van der Waals surface area (Å²) in [6, 6.07) is 0. The van der Waals surface area contributed by atoms with Crippen molar-refractivity contribution in [3.8, 4) is 0 Å². The van der Waals surface area contributed by atoms with Gasteiger partial charge in [-0.25, -0.2) is 4.79 Å². The van der Waals surface area contributed by atoms with Crippen LogP contribution in [0.4, 0.5) is 0 Å². The third-order valence-corrected chi connectivity index (χ3v) is 3.11. The van der Waals surface area contributed by atoms with Gasteiger partial charge in [0.1, 0.15) is 0 Å². The molecule has 0 spiro atoms. The second-order valence-corrected chi connectivity index (χ2v) is 4.02. The average molecular weight is 195 g/mol. The van der Waals surface area contributed by atoms with Gasteiger partial charge < -0.3 is 4.74 Å². The first-order chi connectivity index (χ1) is 6.79. The van der Waals surface area contributed by atoms with Crippen molar-refractivity contribution in [3.63, 3.8) is 0 Å². The Morgan fingerprint density at radius 1 is 1.57 bits per heavy atom. The number of piperidine rings is 3. The summed E-state index contributed by atoms with van der Waals surface area (Å²) in [5, 5.41) is 0. The number of rotatable bonds is 2. The molecular formula is C11H17NO2. The molecule has 0 saturated carbocycles. The van der Waals surface area contributed by atoms with Gasteiger partial charge in [-0.3, -0.25) is 4.90 Å². The van der Waals surface area contributed by atoms with Crippen LogP contribution in [0.25, 0.3) is 0 Å². The van der Waals surface area contributed by atoms with E-state index in [4.69, 9.17) is 4.74 Å². The molecule has 0 amide bonds. The fourth-order valence-corrected chi connectivity index (χ4v) is 2.35. The molecule has 0 aliphatic carbocycles. The number of ether oxygens (including phenoxy) is 1. The lowest BCUT2D eigenvalue weighted by molar-refractivity contribution is -0.137. The second-order valence-electron chi connectivity index (χ2n) is 4.02. The van der Waals surface area contributed by atoms with E-state index in [1.165, 1.54) is 31.5 Å². The quantitative estimate of drug-likeness (QED) is 0.490. The third kappa shape index (κ3) is 1.98. The van der Waals surface area contributed by atoms with E-state index in [-0.39, 0.29) is 5.97 Å². The number of nitrogens with zero attached hydrogens (tertiary/aromatic N) is 1. The number of fused-ring (bicyclic) bond motifs is 3. The van der Waals surface area contributed by atoms with Gasteiger partial charge >= 0.3 is 5.97 Å². The van der Waals surface area contributed by atoms with Crippen molar-refractivity contribution in [2.75, 3.05) is 26.2 Å². The van der Waals surface area contributed by atoms with Crippen LogP contribution in [0.5, 0.6) is 0 Å². The van der Waals surface area contributed by atoms with Crippen molar-refractivity contribution in [2.24, 2.45) is 5.92 Å². The number of carbonyl (C=O) groups is 1. The van der Waals surface area contributed by atoms with Gasteiger partial charge in [-0.15, -0.1) is 0 Å². The molecule has 0 aromatic heterocycles. The largest absolute Gasteiger partial charge is 0.463 e. The highest BCUT2D eigenvalue weighted by molar-refractivity contribution is 5.83. The molecule has 0 unspecified atom stereocenters. The van der Waals surface area contributed by atoms with Crippen LogP contribution < -0.4 is 0 Å². The molecule has 0 N–H and O–H groups in total. The van der Waals surface area contributed by atoms with Gasteiger partial charge in [-0.1, -0.05) is 0 Å². The van der Waals surface area contributed by atoms with Crippen LogP contribution in [0.1, 0.15) is 19.8 Å². The molecule has 78 valence electrons. The molecular weight excluding hydrogens is 178 g/mol. The molecule has 14 heavy (non-hydrogen) atoms. The number of carbonyl (C=O) groups excluding carboxylic acids is 1. The highest BCUT2D eigenvalue weighted by Gasteiger charge is 2.29. The Labute approximate surface area is 84.7 Å². The summed E-state index contributed by atoms with van der Waals surface area (Å²) in [7, 11) is 0. The molecule has 0 atom stereocenters. The van der Waals surface area contributed by atoms with Crippen molar-refractivity contribution in [1.29, 1.82) is 0 Å². The minimum atomic E-state index is -0.170. The molecule has 0 radical (unpaired) electrons. The van der Waals surface area contributed by atoms with Gasteiger partial charge in [0, 0.05) is 12.6 Å². The third-order valence-electron chi connectivity index (χ3n) is 3.11. The molecule has 3 heteroatoms. The summed E-state index contributed by atoms with van der Waals surface area (Å²) >= 11 is 0.